The maximum absolute atomic E-state index is 12.9. The molecule has 0 unspecified atom stereocenters. The summed E-state index contributed by atoms with van der Waals surface area (Å²) in [6.07, 6.45) is -8.21. The monoisotopic (exact) mass is 339 g/mol. The molecule has 0 N–H and O–H groups in total. The van der Waals surface area contributed by atoms with Crippen molar-refractivity contribution in [2.45, 2.75) is 18.9 Å². The Hall–Kier alpha value is -1.97. The molecule has 2 rings (SSSR count). The molecule has 0 bridgehead atoms. The fourth-order valence-electron chi connectivity index (χ4n) is 1.84. The zero-order valence-corrected chi connectivity index (χ0v) is 11.4. The van der Waals surface area contributed by atoms with E-state index in [1.54, 1.807) is 0 Å². The van der Waals surface area contributed by atoms with E-state index in [1.165, 1.54) is 12.3 Å². The Morgan fingerprint density at radius 2 is 1.73 bits per heavy atom. The number of halogens is 6. The van der Waals surface area contributed by atoms with E-state index in [0.29, 0.717) is 18.2 Å². The molecule has 0 atom stereocenters. The van der Waals surface area contributed by atoms with Crippen molar-refractivity contribution in [3.8, 4) is 0 Å². The fraction of sp³-hybridized carbons (Fsp3) is 0.250. The van der Waals surface area contributed by atoms with Gasteiger partial charge in [-0.05, 0) is 23.8 Å². The van der Waals surface area contributed by atoms with Crippen LogP contribution < -0.4 is 0 Å². The van der Waals surface area contributed by atoms with Gasteiger partial charge in [-0.1, -0.05) is 0 Å². The zero-order chi connectivity index (χ0) is 16.5. The summed E-state index contributed by atoms with van der Waals surface area (Å²) in [6, 6.07) is 2.63. The summed E-state index contributed by atoms with van der Waals surface area (Å²) in [5.41, 5.74) is -2.84. The zero-order valence-electron chi connectivity index (χ0n) is 10.6. The van der Waals surface area contributed by atoms with Gasteiger partial charge in [-0.25, -0.2) is 0 Å². The van der Waals surface area contributed by atoms with E-state index in [-0.39, 0.29) is 5.82 Å². The van der Waals surface area contributed by atoms with E-state index >= 15 is 0 Å². The molecule has 0 radical (unpaired) electrons. The van der Waals surface area contributed by atoms with Crippen molar-refractivity contribution < 1.29 is 26.3 Å². The Labute approximate surface area is 125 Å². The standard InChI is InChI=1S/C12H7F6N3S/c13-11(14,15)8-1-2-9(12(16,17)18)7(5-8)6-21-4-3-10(19-21)20-22/h1-5H,6H2. The van der Waals surface area contributed by atoms with Crippen molar-refractivity contribution in [1.29, 1.82) is 0 Å². The lowest BCUT2D eigenvalue weighted by molar-refractivity contribution is -0.141. The summed E-state index contributed by atoms with van der Waals surface area (Å²) < 4.78 is 81.0. The number of hydrogen-bond donors (Lipinski definition) is 0. The predicted molar refractivity (Wildman–Crippen MR) is 67.2 cm³/mol. The van der Waals surface area contributed by atoms with Gasteiger partial charge in [0, 0.05) is 24.7 Å². The lowest BCUT2D eigenvalue weighted by atomic mass is 10.0. The number of benzene rings is 1. The Morgan fingerprint density at radius 1 is 1.05 bits per heavy atom. The van der Waals surface area contributed by atoms with Crippen molar-refractivity contribution in [1.82, 2.24) is 9.78 Å². The van der Waals surface area contributed by atoms with Gasteiger partial charge in [0.2, 0.25) is 0 Å². The number of nitrogens with zero attached hydrogens (tertiary/aromatic N) is 3. The highest BCUT2D eigenvalue weighted by Crippen LogP contribution is 2.36. The number of alkyl halides is 6. The summed E-state index contributed by atoms with van der Waals surface area (Å²) in [5, 5.41) is 3.74. The first-order valence-electron chi connectivity index (χ1n) is 5.75. The third-order valence-corrected chi connectivity index (χ3v) is 2.98. The van der Waals surface area contributed by atoms with Crippen LogP contribution >= 0.6 is 0 Å². The molecule has 0 aliphatic rings. The second-order valence-corrected chi connectivity index (χ2v) is 4.51. The summed E-state index contributed by atoms with van der Waals surface area (Å²) in [6.45, 7) is -0.483. The molecule has 118 valence electrons. The van der Waals surface area contributed by atoms with Gasteiger partial charge in [0.15, 0.2) is 5.82 Å². The molecule has 0 aliphatic heterocycles. The third kappa shape index (κ3) is 3.62. The molecule has 3 nitrogen and oxygen atoms in total. The average Bonchev–Trinajstić information content (AvgIpc) is 2.84. The molecule has 1 heterocycles. The summed E-state index contributed by atoms with van der Waals surface area (Å²) in [7, 11) is 0. The van der Waals surface area contributed by atoms with Gasteiger partial charge >= 0.3 is 12.4 Å². The molecule has 2 aromatic rings. The second-order valence-electron chi connectivity index (χ2n) is 4.33. The molecule has 0 amide bonds. The van der Waals surface area contributed by atoms with E-state index in [4.69, 9.17) is 0 Å². The summed E-state index contributed by atoms with van der Waals surface area (Å²) >= 11 is 4.37. The van der Waals surface area contributed by atoms with Crippen LogP contribution in [0.5, 0.6) is 0 Å². The molecule has 1 aromatic carbocycles. The number of hydrogen-bond acceptors (Lipinski definition) is 3. The highest BCUT2D eigenvalue weighted by Gasteiger charge is 2.37. The molecule has 0 saturated heterocycles. The van der Waals surface area contributed by atoms with Crippen LogP contribution in [0.4, 0.5) is 32.2 Å². The van der Waals surface area contributed by atoms with Gasteiger partial charge in [-0.2, -0.15) is 35.8 Å². The maximum atomic E-state index is 12.9. The van der Waals surface area contributed by atoms with Crippen LogP contribution in [-0.2, 0) is 31.3 Å². The smallest absolute Gasteiger partial charge is 0.266 e. The van der Waals surface area contributed by atoms with Crippen LogP contribution in [0.25, 0.3) is 0 Å². The predicted octanol–water partition coefficient (Wildman–Crippen LogP) is 4.33. The van der Waals surface area contributed by atoms with Crippen LogP contribution in [0, 0.1) is 0 Å². The largest absolute Gasteiger partial charge is 0.416 e. The first kappa shape index (κ1) is 16.4. The molecule has 10 heteroatoms. The molecule has 0 fully saturated rings. The van der Waals surface area contributed by atoms with E-state index < -0.39 is 35.6 Å². The SMILES string of the molecule is FC(F)(F)c1ccc(C(F)(F)F)c(Cn2ccc(N=S)n2)c1. The molecule has 0 spiro atoms. The molecular formula is C12H7F6N3S. The van der Waals surface area contributed by atoms with Gasteiger partial charge in [0.05, 0.1) is 17.7 Å². The van der Waals surface area contributed by atoms with Gasteiger partial charge in [0.1, 0.15) is 0 Å². The van der Waals surface area contributed by atoms with E-state index in [1.807, 2.05) is 0 Å². The van der Waals surface area contributed by atoms with Crippen molar-refractivity contribution in [3.05, 3.63) is 47.2 Å². The van der Waals surface area contributed by atoms with Crippen molar-refractivity contribution in [2.24, 2.45) is 4.36 Å². The lowest BCUT2D eigenvalue weighted by Crippen LogP contribution is -2.15. The quantitative estimate of drug-likeness (QED) is 0.779. The normalized spacial score (nSPS) is 12.5. The molecule has 0 aliphatic carbocycles. The minimum atomic E-state index is -4.77. The fourth-order valence-corrected chi connectivity index (χ4v) is 1.94. The second kappa shape index (κ2) is 5.67. The first-order valence-corrected chi connectivity index (χ1v) is 6.12. The third-order valence-electron chi connectivity index (χ3n) is 2.79. The number of aromatic nitrogens is 2. The summed E-state index contributed by atoms with van der Waals surface area (Å²) in [4.78, 5) is 0. The maximum Gasteiger partial charge on any atom is 0.416 e. The van der Waals surface area contributed by atoms with Crippen LogP contribution in [0.2, 0.25) is 0 Å². The van der Waals surface area contributed by atoms with Gasteiger partial charge < -0.3 is 0 Å². The molecular weight excluding hydrogens is 332 g/mol. The van der Waals surface area contributed by atoms with Crippen LogP contribution in [0.1, 0.15) is 16.7 Å². The van der Waals surface area contributed by atoms with Crippen molar-refractivity contribution in [3.63, 3.8) is 0 Å². The van der Waals surface area contributed by atoms with E-state index in [0.717, 1.165) is 4.68 Å². The Kier molecular flexibility index (Phi) is 4.23. The molecule has 1 aromatic heterocycles. The van der Waals surface area contributed by atoms with E-state index in [2.05, 4.69) is 21.9 Å². The minimum Gasteiger partial charge on any atom is -0.266 e. The van der Waals surface area contributed by atoms with E-state index in [9.17, 15) is 26.3 Å². The van der Waals surface area contributed by atoms with Crippen molar-refractivity contribution in [2.75, 3.05) is 0 Å². The van der Waals surface area contributed by atoms with Crippen LogP contribution in [0.15, 0.2) is 34.8 Å². The van der Waals surface area contributed by atoms with Crippen LogP contribution in [-0.4, -0.2) is 9.78 Å². The Balaban J connectivity index is 2.47. The van der Waals surface area contributed by atoms with Gasteiger partial charge in [0.25, 0.3) is 0 Å². The topological polar surface area (TPSA) is 30.2 Å². The molecule has 0 saturated carbocycles. The minimum absolute atomic E-state index is 0.0931. The lowest BCUT2D eigenvalue weighted by Gasteiger charge is -2.15. The highest BCUT2D eigenvalue weighted by atomic mass is 32.1. The summed E-state index contributed by atoms with van der Waals surface area (Å²) in [5.74, 6) is 0.0931. The number of rotatable bonds is 3. The van der Waals surface area contributed by atoms with Crippen molar-refractivity contribution >= 4 is 18.2 Å². The van der Waals surface area contributed by atoms with Gasteiger partial charge in [-0.3, -0.25) is 4.68 Å². The Bertz CT molecular complexity index is 689. The first-order chi connectivity index (χ1) is 10.1. The highest BCUT2D eigenvalue weighted by molar-refractivity contribution is 7.47. The van der Waals surface area contributed by atoms with Crippen LogP contribution in [0.3, 0.4) is 0 Å². The molecule has 22 heavy (non-hydrogen) atoms. The van der Waals surface area contributed by atoms with Gasteiger partial charge in [-0.15, -0.1) is 0 Å². The average molecular weight is 339 g/mol. The Morgan fingerprint density at radius 3 is 2.23 bits per heavy atom.